The highest BCUT2D eigenvalue weighted by Gasteiger charge is 2.69. The van der Waals surface area contributed by atoms with E-state index < -0.39 is 5.60 Å². The van der Waals surface area contributed by atoms with Crippen LogP contribution in [-0.4, -0.2) is 12.2 Å². The van der Waals surface area contributed by atoms with Crippen molar-refractivity contribution in [2.45, 2.75) is 91.1 Å². The molecule has 0 saturated heterocycles. The Bertz CT molecular complexity index is 668. The van der Waals surface area contributed by atoms with Crippen molar-refractivity contribution in [3.05, 3.63) is 29.3 Å². The standard InChI is InChI=1S/C24H38O2/c1-8-9-13-21(2,3)17-10-11-20(26-7)19(15-17)24(25)22(4,5)18-12-14-23(24,6)16-18/h10-11,15,18,25H,8-9,12-14,16H2,1-7H3. The zero-order valence-electron chi connectivity index (χ0n) is 17.9. The van der Waals surface area contributed by atoms with Gasteiger partial charge in [-0.3, -0.25) is 0 Å². The van der Waals surface area contributed by atoms with E-state index in [0.29, 0.717) is 5.92 Å². The van der Waals surface area contributed by atoms with Crippen molar-refractivity contribution in [1.29, 1.82) is 0 Å². The molecule has 1 aromatic carbocycles. The third-order valence-electron chi connectivity index (χ3n) is 8.09. The third kappa shape index (κ3) is 2.55. The van der Waals surface area contributed by atoms with E-state index in [9.17, 15) is 5.11 Å². The Morgan fingerprint density at radius 1 is 1.23 bits per heavy atom. The third-order valence-corrected chi connectivity index (χ3v) is 8.09. The van der Waals surface area contributed by atoms with E-state index in [2.05, 4.69) is 59.7 Å². The van der Waals surface area contributed by atoms with E-state index in [4.69, 9.17) is 4.74 Å². The first-order chi connectivity index (χ1) is 12.0. The molecule has 1 N–H and O–H groups in total. The van der Waals surface area contributed by atoms with E-state index in [-0.39, 0.29) is 16.2 Å². The Balaban J connectivity index is 2.13. The Hall–Kier alpha value is -1.02. The quantitative estimate of drug-likeness (QED) is 0.656. The Morgan fingerprint density at radius 3 is 2.46 bits per heavy atom. The summed E-state index contributed by atoms with van der Waals surface area (Å²) in [6.45, 7) is 13.7. The first-order valence-electron chi connectivity index (χ1n) is 10.4. The highest BCUT2D eigenvalue weighted by atomic mass is 16.5. The van der Waals surface area contributed by atoms with Gasteiger partial charge in [0.15, 0.2) is 0 Å². The van der Waals surface area contributed by atoms with Gasteiger partial charge in [-0.05, 0) is 54.7 Å². The van der Waals surface area contributed by atoms with E-state index in [1.807, 2.05) is 0 Å². The second kappa shape index (κ2) is 6.26. The number of benzene rings is 1. The Morgan fingerprint density at radius 2 is 1.92 bits per heavy atom. The molecule has 0 radical (unpaired) electrons. The van der Waals surface area contributed by atoms with Crippen LogP contribution in [0.25, 0.3) is 0 Å². The number of hydrogen-bond donors (Lipinski definition) is 1. The van der Waals surface area contributed by atoms with Crippen LogP contribution in [0.4, 0.5) is 0 Å². The maximum atomic E-state index is 12.2. The summed E-state index contributed by atoms with van der Waals surface area (Å²) in [4.78, 5) is 0. The van der Waals surface area contributed by atoms with Gasteiger partial charge in [0.25, 0.3) is 0 Å². The minimum Gasteiger partial charge on any atom is -0.496 e. The van der Waals surface area contributed by atoms with Gasteiger partial charge in [0, 0.05) is 16.4 Å². The van der Waals surface area contributed by atoms with Gasteiger partial charge in [-0.15, -0.1) is 0 Å². The highest BCUT2D eigenvalue weighted by molar-refractivity contribution is 5.47. The first-order valence-corrected chi connectivity index (χ1v) is 10.4. The van der Waals surface area contributed by atoms with Crippen LogP contribution in [0.3, 0.4) is 0 Å². The lowest BCUT2D eigenvalue weighted by Gasteiger charge is -2.51. The molecule has 2 saturated carbocycles. The lowest BCUT2D eigenvalue weighted by atomic mass is 9.57. The van der Waals surface area contributed by atoms with E-state index >= 15 is 0 Å². The number of aliphatic hydroxyl groups is 1. The molecule has 146 valence electrons. The van der Waals surface area contributed by atoms with Gasteiger partial charge in [0.2, 0.25) is 0 Å². The van der Waals surface area contributed by atoms with Crippen molar-refractivity contribution in [3.63, 3.8) is 0 Å². The molecule has 3 rings (SSSR count). The van der Waals surface area contributed by atoms with Gasteiger partial charge >= 0.3 is 0 Å². The van der Waals surface area contributed by atoms with Crippen molar-refractivity contribution in [2.75, 3.05) is 7.11 Å². The second-order valence-electron chi connectivity index (χ2n) is 10.3. The zero-order valence-corrected chi connectivity index (χ0v) is 17.9. The Labute approximate surface area is 160 Å². The first kappa shape index (κ1) is 19.7. The molecule has 2 bridgehead atoms. The summed E-state index contributed by atoms with van der Waals surface area (Å²) in [5.41, 5.74) is 1.38. The predicted molar refractivity (Wildman–Crippen MR) is 109 cm³/mol. The summed E-state index contributed by atoms with van der Waals surface area (Å²) in [7, 11) is 1.73. The SMILES string of the molecule is CCCCC(C)(C)c1ccc(OC)c(C2(O)C3(C)CCC(C3)C2(C)C)c1. The molecular formula is C24H38O2. The number of hydrogen-bond acceptors (Lipinski definition) is 2. The van der Waals surface area contributed by atoms with E-state index in [1.165, 1.54) is 24.8 Å². The fraction of sp³-hybridized carbons (Fsp3) is 0.750. The van der Waals surface area contributed by atoms with Crippen LogP contribution < -0.4 is 4.74 Å². The van der Waals surface area contributed by atoms with Crippen LogP contribution >= 0.6 is 0 Å². The number of methoxy groups -OCH3 is 1. The van der Waals surface area contributed by atoms with Gasteiger partial charge < -0.3 is 9.84 Å². The lowest BCUT2D eigenvalue weighted by Crippen LogP contribution is -2.51. The number of unbranched alkanes of at least 4 members (excludes halogenated alkanes) is 1. The summed E-state index contributed by atoms with van der Waals surface area (Å²) in [5.74, 6) is 1.42. The summed E-state index contributed by atoms with van der Waals surface area (Å²) >= 11 is 0. The van der Waals surface area contributed by atoms with Gasteiger partial charge in [-0.25, -0.2) is 0 Å². The van der Waals surface area contributed by atoms with Gasteiger partial charge in [-0.2, -0.15) is 0 Å². The van der Waals surface area contributed by atoms with Gasteiger partial charge in [0.1, 0.15) is 11.4 Å². The summed E-state index contributed by atoms with van der Waals surface area (Å²) in [5, 5.41) is 12.2. The van der Waals surface area contributed by atoms with Crippen LogP contribution in [0.2, 0.25) is 0 Å². The van der Waals surface area contributed by atoms with Crippen molar-refractivity contribution in [1.82, 2.24) is 0 Å². The molecular weight excluding hydrogens is 320 g/mol. The van der Waals surface area contributed by atoms with Crippen LogP contribution in [0.1, 0.15) is 91.2 Å². The number of ether oxygens (including phenoxy) is 1. The number of fused-ring (bicyclic) bond motifs is 2. The van der Waals surface area contributed by atoms with Crippen LogP contribution in [0.5, 0.6) is 5.75 Å². The maximum absolute atomic E-state index is 12.2. The smallest absolute Gasteiger partial charge is 0.125 e. The largest absolute Gasteiger partial charge is 0.496 e. The molecule has 2 heteroatoms. The molecule has 0 heterocycles. The highest BCUT2D eigenvalue weighted by Crippen LogP contribution is 2.72. The van der Waals surface area contributed by atoms with Crippen LogP contribution in [0, 0.1) is 16.7 Å². The second-order valence-corrected chi connectivity index (χ2v) is 10.3. The summed E-state index contributed by atoms with van der Waals surface area (Å²) in [6.07, 6.45) is 7.05. The molecule has 2 fully saturated rings. The topological polar surface area (TPSA) is 29.5 Å². The molecule has 3 unspecified atom stereocenters. The summed E-state index contributed by atoms with van der Waals surface area (Å²) in [6, 6.07) is 6.55. The molecule has 0 aromatic heterocycles. The Kier molecular flexibility index (Phi) is 4.75. The van der Waals surface area contributed by atoms with Crippen molar-refractivity contribution in [2.24, 2.45) is 16.7 Å². The average Bonchev–Trinajstić information content (AvgIpc) is 3.07. The zero-order chi connectivity index (χ0) is 19.4. The maximum Gasteiger partial charge on any atom is 0.125 e. The number of rotatable bonds is 6. The fourth-order valence-electron chi connectivity index (χ4n) is 6.11. The molecule has 26 heavy (non-hydrogen) atoms. The predicted octanol–water partition coefficient (Wildman–Crippen LogP) is 6.20. The monoisotopic (exact) mass is 358 g/mol. The normalized spacial score (nSPS) is 32.8. The molecule has 2 nitrogen and oxygen atoms in total. The average molecular weight is 359 g/mol. The molecule has 2 aliphatic carbocycles. The molecule has 3 atom stereocenters. The molecule has 1 aromatic rings. The van der Waals surface area contributed by atoms with Crippen molar-refractivity contribution < 1.29 is 9.84 Å². The molecule has 0 spiro atoms. The summed E-state index contributed by atoms with van der Waals surface area (Å²) < 4.78 is 5.76. The van der Waals surface area contributed by atoms with Gasteiger partial charge in [-0.1, -0.05) is 60.5 Å². The van der Waals surface area contributed by atoms with Crippen LogP contribution in [-0.2, 0) is 11.0 Å². The van der Waals surface area contributed by atoms with E-state index in [0.717, 1.165) is 30.6 Å². The lowest BCUT2D eigenvalue weighted by molar-refractivity contribution is -0.151. The van der Waals surface area contributed by atoms with Crippen LogP contribution in [0.15, 0.2) is 18.2 Å². The fourth-order valence-corrected chi connectivity index (χ4v) is 6.11. The van der Waals surface area contributed by atoms with E-state index in [1.54, 1.807) is 7.11 Å². The van der Waals surface area contributed by atoms with Gasteiger partial charge in [0.05, 0.1) is 7.11 Å². The van der Waals surface area contributed by atoms with Crippen molar-refractivity contribution in [3.8, 4) is 5.75 Å². The molecule has 2 aliphatic rings. The molecule has 0 amide bonds. The van der Waals surface area contributed by atoms with Crippen molar-refractivity contribution >= 4 is 0 Å². The minimum absolute atomic E-state index is 0.0688. The minimum atomic E-state index is -0.842. The molecule has 0 aliphatic heterocycles.